The Morgan fingerprint density at radius 3 is 2.50 bits per heavy atom. The molecular weight excluding hydrogens is 332 g/mol. The zero-order valence-electron chi connectivity index (χ0n) is 15.2. The van der Waals surface area contributed by atoms with Crippen molar-refractivity contribution in [3.05, 3.63) is 41.7 Å². The van der Waals surface area contributed by atoms with Crippen LogP contribution in [0.2, 0.25) is 0 Å². The third kappa shape index (κ3) is 4.11. The van der Waals surface area contributed by atoms with E-state index in [0.29, 0.717) is 32.0 Å². The van der Waals surface area contributed by atoms with Crippen LogP contribution < -0.4 is 5.32 Å². The maximum absolute atomic E-state index is 12.3. The molecule has 7 heteroatoms. The Labute approximate surface area is 152 Å². The first-order valence-corrected chi connectivity index (χ1v) is 8.83. The molecule has 1 aromatic carbocycles. The third-order valence-electron chi connectivity index (χ3n) is 4.49. The quantitative estimate of drug-likeness (QED) is 0.890. The highest BCUT2D eigenvalue weighted by Crippen LogP contribution is 2.23. The average Bonchev–Trinajstić information content (AvgIpc) is 2.95. The van der Waals surface area contributed by atoms with Crippen LogP contribution in [0.4, 0.5) is 5.69 Å². The van der Waals surface area contributed by atoms with Gasteiger partial charge in [0.2, 0.25) is 11.8 Å². The number of hydrogen-bond acceptors (Lipinski definition) is 4. The van der Waals surface area contributed by atoms with Crippen LogP contribution in [0.1, 0.15) is 24.2 Å². The second-order valence-corrected chi connectivity index (χ2v) is 6.33. The third-order valence-corrected chi connectivity index (χ3v) is 4.49. The molecule has 0 radical (unpaired) electrons. The molecular formula is C19H24N4O3. The molecule has 0 aliphatic carbocycles. The van der Waals surface area contributed by atoms with Crippen LogP contribution in [0, 0.1) is 13.8 Å². The molecule has 2 amide bonds. The number of amides is 2. The number of aryl methyl sites for hydroxylation is 1. The first-order chi connectivity index (χ1) is 12.6. The lowest BCUT2D eigenvalue weighted by Crippen LogP contribution is -2.40. The maximum atomic E-state index is 12.3. The SMILES string of the molecule is Cc1nn(-c2ccccc2)c(C)c1NC(=O)CCC(=O)N1CCOCC1. The van der Waals surface area contributed by atoms with Crippen molar-refractivity contribution in [2.45, 2.75) is 26.7 Å². The van der Waals surface area contributed by atoms with Crippen molar-refractivity contribution in [3.63, 3.8) is 0 Å². The highest BCUT2D eigenvalue weighted by molar-refractivity contribution is 5.94. The summed E-state index contributed by atoms with van der Waals surface area (Å²) in [5.41, 5.74) is 3.26. The smallest absolute Gasteiger partial charge is 0.224 e. The van der Waals surface area contributed by atoms with E-state index in [-0.39, 0.29) is 24.7 Å². The van der Waals surface area contributed by atoms with Crippen molar-refractivity contribution in [1.29, 1.82) is 0 Å². The average molecular weight is 356 g/mol. The summed E-state index contributed by atoms with van der Waals surface area (Å²) in [6.45, 7) is 6.11. The van der Waals surface area contributed by atoms with E-state index in [0.717, 1.165) is 17.1 Å². The number of anilines is 1. The summed E-state index contributed by atoms with van der Waals surface area (Å²) in [5, 5.41) is 7.42. The fourth-order valence-corrected chi connectivity index (χ4v) is 3.04. The van der Waals surface area contributed by atoms with Crippen LogP contribution in [0.3, 0.4) is 0 Å². The molecule has 0 bridgehead atoms. The van der Waals surface area contributed by atoms with E-state index >= 15 is 0 Å². The van der Waals surface area contributed by atoms with Gasteiger partial charge in [-0.05, 0) is 26.0 Å². The van der Waals surface area contributed by atoms with E-state index < -0.39 is 0 Å². The number of rotatable bonds is 5. The predicted molar refractivity (Wildman–Crippen MR) is 98.3 cm³/mol. The molecule has 1 N–H and O–H groups in total. The minimum atomic E-state index is -0.176. The molecule has 7 nitrogen and oxygen atoms in total. The summed E-state index contributed by atoms with van der Waals surface area (Å²) < 4.78 is 7.05. The summed E-state index contributed by atoms with van der Waals surface area (Å²) in [6.07, 6.45) is 0.363. The maximum Gasteiger partial charge on any atom is 0.224 e. The molecule has 1 aliphatic rings. The van der Waals surface area contributed by atoms with Crippen molar-refractivity contribution < 1.29 is 14.3 Å². The summed E-state index contributed by atoms with van der Waals surface area (Å²) in [7, 11) is 0. The van der Waals surface area contributed by atoms with Crippen LogP contribution in [0.5, 0.6) is 0 Å². The lowest BCUT2D eigenvalue weighted by atomic mass is 10.2. The molecule has 1 fully saturated rings. The highest BCUT2D eigenvalue weighted by Gasteiger charge is 2.19. The standard InChI is InChI=1S/C19H24N4O3/c1-14-19(15(2)23(21-14)16-6-4-3-5-7-16)20-17(24)8-9-18(25)22-10-12-26-13-11-22/h3-7H,8-13H2,1-2H3,(H,20,24). The first-order valence-electron chi connectivity index (χ1n) is 8.83. The van der Waals surface area contributed by atoms with Gasteiger partial charge in [-0.25, -0.2) is 4.68 Å². The fraction of sp³-hybridized carbons (Fsp3) is 0.421. The van der Waals surface area contributed by atoms with Crippen molar-refractivity contribution >= 4 is 17.5 Å². The van der Waals surface area contributed by atoms with Crippen LogP contribution in [-0.2, 0) is 14.3 Å². The monoisotopic (exact) mass is 356 g/mol. The minimum Gasteiger partial charge on any atom is -0.378 e. The number of ether oxygens (including phenoxy) is 1. The molecule has 0 spiro atoms. The van der Waals surface area contributed by atoms with Crippen LogP contribution in [0.15, 0.2) is 30.3 Å². The Hall–Kier alpha value is -2.67. The van der Waals surface area contributed by atoms with Gasteiger partial charge in [-0.1, -0.05) is 18.2 Å². The molecule has 1 aliphatic heterocycles. The predicted octanol–water partition coefficient (Wildman–Crippen LogP) is 2.07. The number of nitrogens with zero attached hydrogens (tertiary/aromatic N) is 3. The Morgan fingerprint density at radius 2 is 1.81 bits per heavy atom. The highest BCUT2D eigenvalue weighted by atomic mass is 16.5. The summed E-state index contributed by atoms with van der Waals surface area (Å²) in [6, 6.07) is 9.77. The van der Waals surface area contributed by atoms with E-state index in [1.807, 2.05) is 48.9 Å². The van der Waals surface area contributed by atoms with Crippen molar-refractivity contribution in [2.75, 3.05) is 31.6 Å². The van der Waals surface area contributed by atoms with Gasteiger partial charge in [-0.2, -0.15) is 5.10 Å². The molecule has 2 heterocycles. The number of carbonyl (C=O) groups is 2. The summed E-state index contributed by atoms with van der Waals surface area (Å²) >= 11 is 0. The van der Waals surface area contributed by atoms with Gasteiger partial charge in [0.05, 0.1) is 36.0 Å². The molecule has 138 valence electrons. The van der Waals surface area contributed by atoms with E-state index in [1.54, 1.807) is 4.90 Å². The number of morpholine rings is 1. The summed E-state index contributed by atoms with van der Waals surface area (Å²) in [5.74, 6) is -0.178. The van der Waals surface area contributed by atoms with Crippen LogP contribution in [-0.4, -0.2) is 52.8 Å². The Bertz CT molecular complexity index is 780. The zero-order valence-corrected chi connectivity index (χ0v) is 15.2. The van der Waals surface area contributed by atoms with Crippen LogP contribution in [0.25, 0.3) is 5.69 Å². The second-order valence-electron chi connectivity index (χ2n) is 6.33. The van der Waals surface area contributed by atoms with Gasteiger partial charge >= 0.3 is 0 Å². The van der Waals surface area contributed by atoms with Gasteiger partial charge in [-0.3, -0.25) is 9.59 Å². The number of benzene rings is 1. The first kappa shape index (κ1) is 18.1. The van der Waals surface area contributed by atoms with Gasteiger partial charge in [-0.15, -0.1) is 0 Å². The molecule has 1 saturated heterocycles. The molecule has 0 unspecified atom stereocenters. The fourth-order valence-electron chi connectivity index (χ4n) is 3.04. The molecule has 2 aromatic rings. The van der Waals surface area contributed by atoms with E-state index in [9.17, 15) is 9.59 Å². The van der Waals surface area contributed by atoms with Gasteiger partial charge in [0.1, 0.15) is 0 Å². The number of aromatic nitrogens is 2. The van der Waals surface area contributed by atoms with E-state index in [4.69, 9.17) is 4.74 Å². The number of para-hydroxylation sites is 1. The van der Waals surface area contributed by atoms with E-state index in [2.05, 4.69) is 10.4 Å². The lowest BCUT2D eigenvalue weighted by Gasteiger charge is -2.26. The van der Waals surface area contributed by atoms with Crippen molar-refractivity contribution in [2.24, 2.45) is 0 Å². The van der Waals surface area contributed by atoms with Crippen LogP contribution >= 0.6 is 0 Å². The topological polar surface area (TPSA) is 76.5 Å². The van der Waals surface area contributed by atoms with Gasteiger partial charge in [0.25, 0.3) is 0 Å². The van der Waals surface area contributed by atoms with Gasteiger partial charge in [0, 0.05) is 25.9 Å². The van der Waals surface area contributed by atoms with Gasteiger partial charge < -0.3 is 15.0 Å². The van der Waals surface area contributed by atoms with Crippen molar-refractivity contribution in [1.82, 2.24) is 14.7 Å². The lowest BCUT2D eigenvalue weighted by molar-refractivity contribution is -0.136. The largest absolute Gasteiger partial charge is 0.378 e. The number of hydrogen-bond donors (Lipinski definition) is 1. The Morgan fingerprint density at radius 1 is 1.12 bits per heavy atom. The number of nitrogens with one attached hydrogen (secondary N) is 1. The second kappa shape index (κ2) is 8.14. The summed E-state index contributed by atoms with van der Waals surface area (Å²) in [4.78, 5) is 26.2. The van der Waals surface area contributed by atoms with E-state index in [1.165, 1.54) is 0 Å². The minimum absolute atomic E-state index is 0.00289. The molecule has 1 aromatic heterocycles. The molecule has 26 heavy (non-hydrogen) atoms. The zero-order chi connectivity index (χ0) is 18.5. The molecule has 0 saturated carbocycles. The molecule has 3 rings (SSSR count). The number of carbonyl (C=O) groups excluding carboxylic acids is 2. The van der Waals surface area contributed by atoms with Gasteiger partial charge in [0.15, 0.2) is 0 Å². The normalized spacial score (nSPS) is 14.3. The Kier molecular flexibility index (Phi) is 5.68. The van der Waals surface area contributed by atoms with Crippen molar-refractivity contribution in [3.8, 4) is 5.69 Å². The Balaban J connectivity index is 1.61. The molecule has 0 atom stereocenters.